The zero-order chi connectivity index (χ0) is 18.3. The average Bonchev–Trinajstić information content (AvgIpc) is 2.77. The van der Waals surface area contributed by atoms with Crippen molar-refractivity contribution >= 4 is 10.9 Å². The van der Waals surface area contributed by atoms with Crippen LogP contribution >= 0.6 is 0 Å². The van der Waals surface area contributed by atoms with Gasteiger partial charge < -0.3 is 14.2 Å². The molecule has 2 rings (SSSR count). The van der Waals surface area contributed by atoms with Gasteiger partial charge in [0.05, 0.1) is 12.5 Å². The second kappa shape index (κ2) is 4.80. The lowest BCUT2D eigenvalue weighted by molar-refractivity contribution is 0.286. The van der Waals surface area contributed by atoms with E-state index >= 15 is 0 Å². The predicted octanol–water partition coefficient (Wildman–Crippen LogP) is 2.60. The van der Waals surface area contributed by atoms with Gasteiger partial charge in [0.2, 0.25) is 0 Å². The maximum atomic E-state index is 8.39. The molecule has 0 aliphatic carbocycles. The van der Waals surface area contributed by atoms with E-state index in [1.165, 1.54) is 11.0 Å². The minimum Gasteiger partial charge on any atom is -0.497 e. The number of hydrogen-bond acceptors (Lipinski definition) is 2. The second-order valence-electron chi connectivity index (χ2n) is 4.10. The van der Waals surface area contributed by atoms with Crippen LogP contribution in [-0.4, -0.2) is 36.6 Å². The van der Waals surface area contributed by atoms with Crippen molar-refractivity contribution in [1.29, 1.82) is 0 Å². The second-order valence-corrected chi connectivity index (χ2v) is 4.10. The highest BCUT2D eigenvalue weighted by molar-refractivity contribution is 5.81. The molecule has 3 nitrogen and oxygen atoms in total. The highest BCUT2D eigenvalue weighted by atomic mass is 16.5. The molecule has 0 amide bonds. The lowest BCUT2D eigenvalue weighted by atomic mass is 10.2. The highest BCUT2D eigenvalue weighted by Crippen LogP contribution is 2.22. The van der Waals surface area contributed by atoms with Crippen LogP contribution in [0.1, 0.15) is 16.4 Å². The summed E-state index contributed by atoms with van der Waals surface area (Å²) in [5.74, 6) is 0.196. The smallest absolute Gasteiger partial charge is 0.119 e. The summed E-state index contributed by atoms with van der Waals surface area (Å²) in [4.78, 5) is 1.52. The maximum absolute atomic E-state index is 8.39. The molecule has 0 N–H and O–H groups in total. The van der Waals surface area contributed by atoms with Gasteiger partial charge in [0.25, 0.3) is 0 Å². The van der Waals surface area contributed by atoms with Gasteiger partial charge in [-0.05, 0) is 45.2 Å². The van der Waals surface area contributed by atoms with Crippen LogP contribution in [0, 0.1) is 0 Å². The minimum atomic E-state index is -2.54. The van der Waals surface area contributed by atoms with E-state index in [0.717, 1.165) is 0 Å². The first-order chi connectivity index (χ1) is 10.9. The monoisotopic (exact) mass is 239 g/mol. The van der Waals surface area contributed by atoms with Crippen molar-refractivity contribution in [2.24, 2.45) is 0 Å². The number of rotatable bonds is 4. The molecular formula is C14H20N2O. The summed E-state index contributed by atoms with van der Waals surface area (Å²) < 4.78 is 59.2. The van der Waals surface area contributed by atoms with Crippen molar-refractivity contribution in [3.8, 4) is 5.75 Å². The minimum absolute atomic E-state index is 0.196. The molecule has 1 heterocycles. The molecule has 2 atom stereocenters. The van der Waals surface area contributed by atoms with E-state index in [4.69, 9.17) is 14.3 Å². The molecule has 1 unspecified atom stereocenters. The molecule has 92 valence electrons. The van der Waals surface area contributed by atoms with Gasteiger partial charge in [-0.15, -0.1) is 0 Å². The summed E-state index contributed by atoms with van der Waals surface area (Å²) >= 11 is 0. The van der Waals surface area contributed by atoms with Crippen LogP contribution in [-0.2, 0) is 6.52 Å². The zero-order valence-electron chi connectivity index (χ0n) is 16.8. The lowest BCUT2D eigenvalue weighted by Gasteiger charge is -2.20. The van der Waals surface area contributed by atoms with Gasteiger partial charge in [0, 0.05) is 33.8 Å². The van der Waals surface area contributed by atoms with E-state index in [1.54, 1.807) is 43.1 Å². The lowest BCUT2D eigenvalue weighted by Crippen LogP contribution is -2.28. The van der Waals surface area contributed by atoms with Crippen LogP contribution in [0.4, 0.5) is 0 Å². The number of ether oxygens (including phenoxy) is 1. The first kappa shape index (κ1) is 5.91. The van der Waals surface area contributed by atoms with Crippen LogP contribution in [0.2, 0.25) is 0 Å². The molecule has 1 aromatic carbocycles. The van der Waals surface area contributed by atoms with Gasteiger partial charge in [-0.2, -0.15) is 0 Å². The third-order valence-electron chi connectivity index (χ3n) is 2.67. The number of benzene rings is 1. The number of nitrogens with zero attached hydrogens (tertiary/aromatic N) is 2. The van der Waals surface area contributed by atoms with Gasteiger partial charge in [0.1, 0.15) is 5.75 Å². The maximum Gasteiger partial charge on any atom is 0.119 e. The Hall–Kier alpha value is -1.48. The third kappa shape index (κ3) is 2.44. The van der Waals surface area contributed by atoms with Gasteiger partial charge >= 0.3 is 0 Å². The molecule has 0 saturated carbocycles. The third-order valence-corrected chi connectivity index (χ3v) is 2.67. The number of fused-ring (bicyclic) bond motifs is 1. The fraction of sp³-hybridized carbons (Fsp3) is 0.429. The van der Waals surface area contributed by atoms with E-state index in [9.17, 15) is 0 Å². The SMILES string of the molecule is [2H]C([C@H](N(C)C)C([2H])([2H])[2H])n1ccc2cc(OC([2H])([2H])[2H])ccc21. The number of methoxy groups -OCH3 is 1. The van der Waals surface area contributed by atoms with Crippen LogP contribution in [0.3, 0.4) is 0 Å². The Bertz CT molecular complexity index is 705. The molecule has 2 aromatic rings. The van der Waals surface area contributed by atoms with Gasteiger partial charge in [-0.3, -0.25) is 0 Å². The van der Waals surface area contributed by atoms with Crippen molar-refractivity contribution in [1.82, 2.24) is 9.47 Å². The molecule has 1 aromatic heterocycles. The molecular weight excluding hydrogens is 212 g/mol. The first-order valence-electron chi connectivity index (χ1n) is 8.86. The Morgan fingerprint density at radius 1 is 1.47 bits per heavy atom. The average molecular weight is 239 g/mol. The molecule has 3 heteroatoms. The fourth-order valence-corrected chi connectivity index (χ4v) is 1.62. The fourth-order valence-electron chi connectivity index (χ4n) is 1.62. The van der Waals surface area contributed by atoms with Crippen molar-refractivity contribution in [2.75, 3.05) is 21.1 Å². The molecule has 0 saturated heterocycles. The van der Waals surface area contributed by atoms with Crippen molar-refractivity contribution < 1.29 is 14.3 Å². The van der Waals surface area contributed by atoms with Gasteiger partial charge in [-0.1, -0.05) is 0 Å². The summed E-state index contributed by atoms with van der Waals surface area (Å²) in [6.07, 6.45) is 1.63. The van der Waals surface area contributed by atoms with Gasteiger partial charge in [-0.25, -0.2) is 0 Å². The summed E-state index contributed by atoms with van der Waals surface area (Å²) in [6.45, 7) is -3.35. The Morgan fingerprint density at radius 3 is 3.06 bits per heavy atom. The molecule has 0 aliphatic rings. The first-order valence-corrected chi connectivity index (χ1v) is 5.28. The van der Waals surface area contributed by atoms with Gasteiger partial charge in [0.15, 0.2) is 0 Å². The Labute approximate surface area is 112 Å². The van der Waals surface area contributed by atoms with Crippen molar-refractivity contribution in [3.63, 3.8) is 0 Å². The van der Waals surface area contributed by atoms with E-state index < -0.39 is 26.5 Å². The molecule has 0 aliphatic heterocycles. The Balaban J connectivity index is 2.39. The summed E-state index contributed by atoms with van der Waals surface area (Å²) in [6, 6.07) is 5.41. The summed E-state index contributed by atoms with van der Waals surface area (Å²) in [5, 5.41) is 0.678. The quantitative estimate of drug-likeness (QED) is 0.816. The normalized spacial score (nSPS) is 22.6. The summed E-state index contributed by atoms with van der Waals surface area (Å²) in [5.41, 5.74) is 0.643. The molecule has 0 spiro atoms. The topological polar surface area (TPSA) is 17.4 Å². The van der Waals surface area contributed by atoms with Crippen LogP contribution in [0.5, 0.6) is 5.75 Å². The van der Waals surface area contributed by atoms with Crippen LogP contribution in [0.25, 0.3) is 10.9 Å². The van der Waals surface area contributed by atoms with E-state index in [2.05, 4.69) is 0 Å². The highest BCUT2D eigenvalue weighted by Gasteiger charge is 2.08. The molecule has 0 bridgehead atoms. The standard InChI is InChI=1S/C14H20N2O/c1-11(15(2)3)10-16-8-7-12-9-13(17-4)5-6-14(12)16/h5-9,11H,10H2,1-4H3/t11-/m1/s1/i1D3,4D3,10D/t10?,11-. The van der Waals surface area contributed by atoms with E-state index in [0.29, 0.717) is 10.9 Å². The van der Waals surface area contributed by atoms with Crippen LogP contribution < -0.4 is 4.74 Å². The predicted molar refractivity (Wildman–Crippen MR) is 71.6 cm³/mol. The molecule has 0 radical (unpaired) electrons. The van der Waals surface area contributed by atoms with Crippen molar-refractivity contribution in [3.05, 3.63) is 30.5 Å². The zero-order valence-corrected chi connectivity index (χ0v) is 9.84. The molecule has 0 fully saturated rings. The Morgan fingerprint density at radius 2 is 2.35 bits per heavy atom. The van der Waals surface area contributed by atoms with E-state index in [1.807, 2.05) is 0 Å². The number of aromatic nitrogens is 1. The largest absolute Gasteiger partial charge is 0.497 e. The molecule has 17 heavy (non-hydrogen) atoms. The number of likely N-dealkylation sites (N-methyl/N-ethyl adjacent to an activating group) is 1. The Kier molecular flexibility index (Phi) is 1.67. The summed E-state index contributed by atoms with van der Waals surface area (Å²) in [7, 11) is 0.727. The van der Waals surface area contributed by atoms with E-state index in [-0.39, 0.29) is 5.75 Å². The van der Waals surface area contributed by atoms with Crippen LogP contribution in [0.15, 0.2) is 30.5 Å². The number of hydrogen-bond donors (Lipinski definition) is 0. The van der Waals surface area contributed by atoms with Crippen molar-refractivity contribution in [2.45, 2.75) is 19.4 Å².